The normalized spacial score (nSPS) is 10.7. The molecule has 0 aromatic heterocycles. The summed E-state index contributed by atoms with van der Waals surface area (Å²) < 4.78 is 0. The van der Waals surface area contributed by atoms with Crippen molar-refractivity contribution in [2.75, 3.05) is 32.0 Å². The highest BCUT2D eigenvalue weighted by molar-refractivity contribution is 5.90. The standard InChI is InChI=1S/C21H33N3O5/c1-23(16-8-9-17-24(29)20(26)13-14-21(27)28)15-7-3-6-12-19(25)22-18-10-4-2-5-11-18/h2,4-5,10-11,29H,3,6-9,12-17H2,1H3,(H,22,25)(H,27,28). The fourth-order valence-corrected chi connectivity index (χ4v) is 2.81. The second kappa shape index (κ2) is 14.5. The third-order valence-corrected chi connectivity index (χ3v) is 4.50. The minimum atomic E-state index is -1.05. The van der Waals surface area contributed by atoms with Gasteiger partial charge in [-0.3, -0.25) is 19.6 Å². The van der Waals surface area contributed by atoms with E-state index in [-0.39, 0.29) is 25.3 Å². The zero-order chi connectivity index (χ0) is 21.5. The lowest BCUT2D eigenvalue weighted by atomic mass is 10.1. The zero-order valence-electron chi connectivity index (χ0n) is 17.2. The van der Waals surface area contributed by atoms with E-state index in [1.807, 2.05) is 37.4 Å². The summed E-state index contributed by atoms with van der Waals surface area (Å²) in [5.74, 6) is -1.57. The van der Waals surface area contributed by atoms with Crippen LogP contribution in [0.4, 0.5) is 5.69 Å². The number of hydrogen-bond acceptors (Lipinski definition) is 5. The van der Waals surface area contributed by atoms with Crippen molar-refractivity contribution in [1.82, 2.24) is 9.96 Å². The third kappa shape index (κ3) is 12.6. The molecule has 1 aromatic carbocycles. The van der Waals surface area contributed by atoms with Gasteiger partial charge in [-0.25, -0.2) is 5.06 Å². The fourth-order valence-electron chi connectivity index (χ4n) is 2.81. The molecule has 0 radical (unpaired) electrons. The Labute approximate surface area is 172 Å². The molecule has 0 heterocycles. The minimum Gasteiger partial charge on any atom is -0.481 e. The molecular weight excluding hydrogens is 374 g/mol. The van der Waals surface area contributed by atoms with Crippen molar-refractivity contribution < 1.29 is 24.7 Å². The van der Waals surface area contributed by atoms with E-state index in [9.17, 15) is 19.6 Å². The maximum atomic E-state index is 11.9. The van der Waals surface area contributed by atoms with E-state index in [0.717, 1.165) is 44.5 Å². The molecule has 0 bridgehead atoms. The predicted octanol–water partition coefficient (Wildman–Crippen LogP) is 2.98. The summed E-state index contributed by atoms with van der Waals surface area (Å²) in [7, 11) is 2.02. The molecule has 0 aliphatic carbocycles. The Morgan fingerprint density at radius 2 is 1.48 bits per heavy atom. The van der Waals surface area contributed by atoms with Crippen molar-refractivity contribution in [3.05, 3.63) is 30.3 Å². The van der Waals surface area contributed by atoms with Gasteiger partial charge in [0.05, 0.1) is 6.42 Å². The highest BCUT2D eigenvalue weighted by Crippen LogP contribution is 2.08. The topological polar surface area (TPSA) is 110 Å². The van der Waals surface area contributed by atoms with E-state index in [1.54, 1.807) is 0 Å². The number of carbonyl (C=O) groups is 3. The molecule has 1 rings (SSSR count). The maximum absolute atomic E-state index is 11.9. The zero-order valence-corrected chi connectivity index (χ0v) is 17.2. The van der Waals surface area contributed by atoms with Gasteiger partial charge in [0.1, 0.15) is 0 Å². The van der Waals surface area contributed by atoms with Gasteiger partial charge in [0.15, 0.2) is 0 Å². The second-order valence-electron chi connectivity index (χ2n) is 7.15. The number of nitrogens with one attached hydrogen (secondary N) is 1. The lowest BCUT2D eigenvalue weighted by Crippen LogP contribution is -2.29. The molecule has 8 heteroatoms. The van der Waals surface area contributed by atoms with Crippen molar-refractivity contribution in [2.24, 2.45) is 0 Å². The number of carboxylic acids is 1. The SMILES string of the molecule is CN(CCCCCC(=O)Nc1ccccc1)CCCCN(O)C(=O)CCC(=O)O. The smallest absolute Gasteiger partial charge is 0.303 e. The monoisotopic (exact) mass is 407 g/mol. The van der Waals surface area contributed by atoms with Gasteiger partial charge in [-0.1, -0.05) is 24.6 Å². The molecule has 0 atom stereocenters. The van der Waals surface area contributed by atoms with E-state index in [1.165, 1.54) is 0 Å². The van der Waals surface area contributed by atoms with Gasteiger partial charge in [-0.15, -0.1) is 0 Å². The van der Waals surface area contributed by atoms with Crippen molar-refractivity contribution in [3.63, 3.8) is 0 Å². The number of amides is 2. The number of anilines is 1. The second-order valence-corrected chi connectivity index (χ2v) is 7.15. The van der Waals surface area contributed by atoms with Crippen LogP contribution in [-0.2, 0) is 14.4 Å². The summed E-state index contributed by atoms with van der Waals surface area (Å²) in [6.45, 7) is 2.00. The average Bonchev–Trinajstić information content (AvgIpc) is 2.69. The Morgan fingerprint density at radius 3 is 2.14 bits per heavy atom. The maximum Gasteiger partial charge on any atom is 0.303 e. The number of hydroxylamine groups is 2. The number of carboxylic acid groups (broad SMARTS) is 1. The van der Waals surface area contributed by atoms with Gasteiger partial charge in [0.2, 0.25) is 11.8 Å². The number of para-hydroxylation sites is 1. The molecule has 29 heavy (non-hydrogen) atoms. The van der Waals surface area contributed by atoms with Crippen molar-refractivity contribution in [1.29, 1.82) is 0 Å². The number of hydrogen-bond donors (Lipinski definition) is 3. The number of unbranched alkanes of at least 4 members (excludes halogenated alkanes) is 3. The molecule has 162 valence electrons. The first-order chi connectivity index (χ1) is 13.9. The Morgan fingerprint density at radius 1 is 0.862 bits per heavy atom. The summed E-state index contributed by atoms with van der Waals surface area (Å²) in [6.07, 6.45) is 4.38. The highest BCUT2D eigenvalue weighted by atomic mass is 16.5. The number of benzene rings is 1. The Hall–Kier alpha value is -2.45. The predicted molar refractivity (Wildman–Crippen MR) is 111 cm³/mol. The highest BCUT2D eigenvalue weighted by Gasteiger charge is 2.12. The van der Waals surface area contributed by atoms with Crippen LogP contribution in [0, 0.1) is 0 Å². The van der Waals surface area contributed by atoms with Crippen LogP contribution in [0.5, 0.6) is 0 Å². The molecule has 0 aliphatic heterocycles. The molecule has 8 nitrogen and oxygen atoms in total. The van der Waals surface area contributed by atoms with E-state index in [0.29, 0.717) is 17.9 Å². The Kier molecular flexibility index (Phi) is 12.3. The van der Waals surface area contributed by atoms with Crippen LogP contribution in [0.3, 0.4) is 0 Å². The minimum absolute atomic E-state index is 0.0380. The molecule has 2 amide bonds. The van der Waals surface area contributed by atoms with Gasteiger partial charge in [-0.05, 0) is 58.0 Å². The van der Waals surface area contributed by atoms with Crippen molar-refractivity contribution in [2.45, 2.75) is 51.4 Å². The Bertz CT molecular complexity index is 624. The van der Waals surface area contributed by atoms with E-state index < -0.39 is 11.9 Å². The van der Waals surface area contributed by atoms with Crippen molar-refractivity contribution >= 4 is 23.5 Å². The summed E-state index contributed by atoms with van der Waals surface area (Å²) in [6, 6.07) is 9.43. The number of carbonyl (C=O) groups excluding carboxylic acids is 2. The lowest BCUT2D eigenvalue weighted by Gasteiger charge is -2.18. The van der Waals surface area contributed by atoms with E-state index in [2.05, 4.69) is 10.2 Å². The van der Waals surface area contributed by atoms with E-state index >= 15 is 0 Å². The largest absolute Gasteiger partial charge is 0.481 e. The fraction of sp³-hybridized carbons (Fsp3) is 0.571. The summed E-state index contributed by atoms with van der Waals surface area (Å²) >= 11 is 0. The van der Waals surface area contributed by atoms with Crippen molar-refractivity contribution in [3.8, 4) is 0 Å². The summed E-state index contributed by atoms with van der Waals surface area (Å²) in [5, 5.41) is 21.6. The molecule has 0 unspecified atom stereocenters. The van der Waals surface area contributed by atoms with Gasteiger partial charge >= 0.3 is 5.97 Å². The van der Waals surface area contributed by atoms with Gasteiger partial charge in [-0.2, -0.15) is 0 Å². The summed E-state index contributed by atoms with van der Waals surface area (Å²) in [5.41, 5.74) is 0.822. The van der Waals surface area contributed by atoms with Crippen LogP contribution < -0.4 is 5.32 Å². The first kappa shape index (κ1) is 24.6. The lowest BCUT2D eigenvalue weighted by molar-refractivity contribution is -0.166. The molecule has 0 spiro atoms. The van der Waals surface area contributed by atoms with Crippen LogP contribution in [-0.4, -0.2) is 64.7 Å². The number of nitrogens with zero attached hydrogens (tertiary/aromatic N) is 2. The molecule has 0 aliphatic rings. The van der Waals surface area contributed by atoms with Gasteiger partial charge < -0.3 is 15.3 Å². The molecule has 3 N–H and O–H groups in total. The van der Waals surface area contributed by atoms with E-state index in [4.69, 9.17) is 5.11 Å². The van der Waals surface area contributed by atoms with Crippen LogP contribution >= 0.6 is 0 Å². The molecule has 0 saturated heterocycles. The average molecular weight is 408 g/mol. The van der Waals surface area contributed by atoms with Gasteiger partial charge in [0.25, 0.3) is 0 Å². The van der Waals surface area contributed by atoms with Crippen LogP contribution in [0.25, 0.3) is 0 Å². The van der Waals surface area contributed by atoms with Crippen LogP contribution in [0.1, 0.15) is 51.4 Å². The number of rotatable bonds is 15. The van der Waals surface area contributed by atoms with Gasteiger partial charge in [0, 0.05) is 25.1 Å². The first-order valence-corrected chi connectivity index (χ1v) is 10.1. The molecule has 0 saturated carbocycles. The molecular formula is C21H33N3O5. The Balaban J connectivity index is 1.99. The number of aliphatic carboxylic acids is 1. The molecule has 1 aromatic rings. The third-order valence-electron chi connectivity index (χ3n) is 4.50. The summed E-state index contributed by atoms with van der Waals surface area (Å²) in [4.78, 5) is 36.0. The molecule has 0 fully saturated rings. The van der Waals surface area contributed by atoms with Crippen LogP contribution in [0.15, 0.2) is 30.3 Å². The first-order valence-electron chi connectivity index (χ1n) is 10.1. The van der Waals surface area contributed by atoms with Crippen LogP contribution in [0.2, 0.25) is 0 Å². The quantitative estimate of drug-likeness (QED) is 0.234.